The minimum Gasteiger partial charge on any atom is -0.399 e. The van der Waals surface area contributed by atoms with E-state index in [1.165, 1.54) is 19.5 Å². The lowest BCUT2D eigenvalue weighted by Gasteiger charge is -2.34. The molecule has 2 atom stereocenters. The van der Waals surface area contributed by atoms with Crippen molar-refractivity contribution < 1.29 is 4.79 Å². The second-order valence-electron chi connectivity index (χ2n) is 6.48. The third kappa shape index (κ3) is 5.38. The molecule has 0 saturated carbocycles. The Kier molecular flexibility index (Phi) is 5.62. The van der Waals surface area contributed by atoms with Gasteiger partial charge in [-0.3, -0.25) is 4.79 Å². The number of nitrogen functional groups attached to an aromatic ring is 1. The minimum atomic E-state index is 0.0682. The number of nitrogens with one attached hydrogen (secondary N) is 1. The molecule has 1 aliphatic heterocycles. The molecule has 4 heteroatoms. The van der Waals surface area contributed by atoms with Gasteiger partial charge in [0.25, 0.3) is 0 Å². The van der Waals surface area contributed by atoms with Gasteiger partial charge in [0.15, 0.2) is 0 Å². The Hall–Kier alpha value is -1.55. The van der Waals surface area contributed by atoms with Crippen LogP contribution in [0.25, 0.3) is 0 Å². The van der Waals surface area contributed by atoms with Crippen LogP contribution in [0.2, 0.25) is 0 Å². The molecule has 1 aromatic rings. The number of rotatable bonds is 5. The van der Waals surface area contributed by atoms with Crippen LogP contribution in [0, 0.1) is 11.8 Å². The maximum absolute atomic E-state index is 11.9. The number of amides is 1. The van der Waals surface area contributed by atoms with E-state index in [1.54, 1.807) is 6.07 Å². The number of nitrogens with zero attached hydrogens (tertiary/aromatic N) is 1. The fraction of sp³-hybridized carbons (Fsp3) is 0.588. The van der Waals surface area contributed by atoms with E-state index in [-0.39, 0.29) is 5.91 Å². The first kappa shape index (κ1) is 15.8. The molecule has 116 valence electrons. The molecule has 1 saturated heterocycles. The van der Waals surface area contributed by atoms with Crippen LogP contribution in [-0.2, 0) is 4.79 Å². The third-order valence-corrected chi connectivity index (χ3v) is 3.99. The maximum Gasteiger partial charge on any atom is 0.224 e. The van der Waals surface area contributed by atoms with Gasteiger partial charge in [0.05, 0.1) is 0 Å². The van der Waals surface area contributed by atoms with Crippen LogP contribution in [0.5, 0.6) is 0 Å². The Morgan fingerprint density at radius 3 is 2.71 bits per heavy atom. The highest BCUT2D eigenvalue weighted by molar-refractivity contribution is 5.91. The lowest BCUT2D eigenvalue weighted by molar-refractivity contribution is -0.116. The van der Waals surface area contributed by atoms with Gasteiger partial charge < -0.3 is 16.0 Å². The molecule has 4 nitrogen and oxygen atoms in total. The predicted molar refractivity (Wildman–Crippen MR) is 88.1 cm³/mol. The molecule has 1 fully saturated rings. The molecule has 1 aromatic carbocycles. The first-order valence-corrected chi connectivity index (χ1v) is 7.90. The minimum absolute atomic E-state index is 0.0682. The van der Waals surface area contributed by atoms with Crippen molar-refractivity contribution >= 4 is 17.3 Å². The van der Waals surface area contributed by atoms with Crippen LogP contribution >= 0.6 is 0 Å². The van der Waals surface area contributed by atoms with E-state index in [0.717, 1.165) is 30.5 Å². The first-order valence-electron chi connectivity index (χ1n) is 7.90. The molecule has 21 heavy (non-hydrogen) atoms. The number of hydrogen-bond acceptors (Lipinski definition) is 3. The topological polar surface area (TPSA) is 58.4 Å². The molecular weight excluding hydrogens is 262 g/mol. The number of piperidine rings is 1. The largest absolute Gasteiger partial charge is 0.399 e. The van der Waals surface area contributed by atoms with E-state index in [2.05, 4.69) is 24.1 Å². The average molecular weight is 289 g/mol. The SMILES string of the molecule is CC1CC(C)CN(CCCC(=O)Nc2cccc(N)c2)C1. The number of carbonyl (C=O) groups excluding carboxylic acids is 1. The molecule has 0 spiro atoms. The maximum atomic E-state index is 11.9. The molecule has 0 aromatic heterocycles. The van der Waals surface area contributed by atoms with Gasteiger partial charge >= 0.3 is 0 Å². The highest BCUT2D eigenvalue weighted by Crippen LogP contribution is 2.21. The molecule has 0 aliphatic carbocycles. The average Bonchev–Trinajstić information content (AvgIpc) is 2.37. The van der Waals surface area contributed by atoms with Crippen molar-refractivity contribution in [1.29, 1.82) is 0 Å². The predicted octanol–water partition coefficient (Wildman–Crippen LogP) is 2.97. The third-order valence-electron chi connectivity index (χ3n) is 3.99. The number of hydrogen-bond donors (Lipinski definition) is 2. The van der Waals surface area contributed by atoms with Crippen LogP contribution in [0.15, 0.2) is 24.3 Å². The van der Waals surface area contributed by atoms with Crippen molar-refractivity contribution in [3.05, 3.63) is 24.3 Å². The molecule has 2 unspecified atom stereocenters. The van der Waals surface area contributed by atoms with E-state index < -0.39 is 0 Å². The fourth-order valence-corrected chi connectivity index (χ4v) is 3.28. The zero-order valence-electron chi connectivity index (χ0n) is 13.1. The van der Waals surface area contributed by atoms with E-state index >= 15 is 0 Å². The Morgan fingerprint density at radius 1 is 1.33 bits per heavy atom. The second kappa shape index (κ2) is 7.46. The van der Waals surface area contributed by atoms with Crippen LogP contribution in [0.4, 0.5) is 11.4 Å². The zero-order chi connectivity index (χ0) is 15.2. The number of nitrogens with two attached hydrogens (primary N) is 1. The quantitative estimate of drug-likeness (QED) is 0.819. The van der Waals surface area contributed by atoms with Crippen molar-refractivity contribution in [1.82, 2.24) is 4.90 Å². The Balaban J connectivity index is 1.69. The molecule has 0 radical (unpaired) electrons. The Morgan fingerprint density at radius 2 is 2.05 bits per heavy atom. The highest BCUT2D eigenvalue weighted by Gasteiger charge is 2.21. The molecule has 2 rings (SSSR count). The van der Waals surface area contributed by atoms with Gasteiger partial charge in [-0.2, -0.15) is 0 Å². The van der Waals surface area contributed by atoms with Crippen LogP contribution in [0.1, 0.15) is 33.1 Å². The summed E-state index contributed by atoms with van der Waals surface area (Å²) in [5.41, 5.74) is 7.15. The number of benzene rings is 1. The van der Waals surface area contributed by atoms with Gasteiger partial charge in [0, 0.05) is 30.9 Å². The van der Waals surface area contributed by atoms with Gasteiger partial charge in [-0.25, -0.2) is 0 Å². The van der Waals surface area contributed by atoms with Gasteiger partial charge in [-0.15, -0.1) is 0 Å². The van der Waals surface area contributed by atoms with Crippen LogP contribution in [0.3, 0.4) is 0 Å². The summed E-state index contributed by atoms with van der Waals surface area (Å²) < 4.78 is 0. The zero-order valence-corrected chi connectivity index (χ0v) is 13.1. The summed E-state index contributed by atoms with van der Waals surface area (Å²) in [6.45, 7) is 7.98. The summed E-state index contributed by atoms with van der Waals surface area (Å²) in [6.07, 6.45) is 2.80. The van der Waals surface area contributed by atoms with E-state index in [1.807, 2.05) is 18.2 Å². The molecular formula is C17H27N3O. The molecule has 0 bridgehead atoms. The molecule has 1 amide bonds. The summed E-state index contributed by atoms with van der Waals surface area (Å²) in [5, 5.41) is 2.90. The second-order valence-corrected chi connectivity index (χ2v) is 6.48. The van der Waals surface area contributed by atoms with Crippen molar-refractivity contribution in [3.63, 3.8) is 0 Å². The summed E-state index contributed by atoms with van der Waals surface area (Å²) >= 11 is 0. The molecule has 1 heterocycles. The summed E-state index contributed by atoms with van der Waals surface area (Å²) in [4.78, 5) is 14.4. The number of anilines is 2. The Bertz CT molecular complexity index is 465. The van der Waals surface area contributed by atoms with Crippen molar-refractivity contribution in [2.24, 2.45) is 11.8 Å². The Labute approximate surface area is 127 Å². The van der Waals surface area contributed by atoms with Crippen molar-refractivity contribution in [2.45, 2.75) is 33.1 Å². The van der Waals surface area contributed by atoms with Gasteiger partial charge in [-0.1, -0.05) is 19.9 Å². The van der Waals surface area contributed by atoms with E-state index in [9.17, 15) is 4.79 Å². The van der Waals surface area contributed by atoms with Crippen LogP contribution < -0.4 is 11.1 Å². The van der Waals surface area contributed by atoms with Crippen molar-refractivity contribution in [3.8, 4) is 0 Å². The smallest absolute Gasteiger partial charge is 0.224 e. The highest BCUT2D eigenvalue weighted by atomic mass is 16.1. The summed E-state index contributed by atoms with van der Waals surface area (Å²) in [7, 11) is 0. The lowest BCUT2D eigenvalue weighted by Crippen LogP contribution is -2.39. The summed E-state index contributed by atoms with van der Waals surface area (Å²) in [6, 6.07) is 7.31. The van der Waals surface area contributed by atoms with E-state index in [4.69, 9.17) is 5.73 Å². The van der Waals surface area contributed by atoms with Gasteiger partial charge in [-0.05, 0) is 49.4 Å². The van der Waals surface area contributed by atoms with Crippen molar-refractivity contribution in [2.75, 3.05) is 30.7 Å². The fourth-order valence-electron chi connectivity index (χ4n) is 3.28. The lowest BCUT2D eigenvalue weighted by atomic mass is 9.92. The first-order chi connectivity index (χ1) is 10.0. The van der Waals surface area contributed by atoms with Gasteiger partial charge in [0.1, 0.15) is 0 Å². The summed E-state index contributed by atoms with van der Waals surface area (Å²) in [5.74, 6) is 1.61. The molecule has 1 aliphatic rings. The van der Waals surface area contributed by atoms with E-state index in [0.29, 0.717) is 12.1 Å². The molecule has 3 N–H and O–H groups in total. The normalized spacial score (nSPS) is 23.0. The standard InChI is InChI=1S/C17H27N3O/c1-13-9-14(2)12-20(11-13)8-4-7-17(21)19-16-6-3-5-15(18)10-16/h3,5-6,10,13-14H,4,7-9,11-12,18H2,1-2H3,(H,19,21). The number of carbonyl (C=O) groups is 1. The number of likely N-dealkylation sites (tertiary alicyclic amines) is 1. The van der Waals surface area contributed by atoms with Gasteiger partial charge in [0.2, 0.25) is 5.91 Å². The van der Waals surface area contributed by atoms with Crippen LogP contribution in [-0.4, -0.2) is 30.4 Å². The monoisotopic (exact) mass is 289 g/mol.